The Morgan fingerprint density at radius 2 is 1.33 bits per heavy atom. The quantitative estimate of drug-likeness (QED) is 0.477. The SMILES string of the molecule is C1CCI=IC1. The van der Waals surface area contributed by atoms with E-state index in [2.05, 4.69) is 0 Å². The lowest BCUT2D eigenvalue weighted by Gasteiger charge is -1.96. The predicted octanol–water partition coefficient (Wildman–Crippen LogP) is 2.64. The first-order valence-electron chi connectivity index (χ1n) is 2.18. The average molecular weight is 310 g/mol. The highest BCUT2D eigenvalue weighted by molar-refractivity contribution is 14.8. The van der Waals surface area contributed by atoms with Crippen LogP contribution in [0.3, 0.4) is 0 Å². The molecule has 0 nitrogen and oxygen atoms in total. The molecular weight excluding hydrogens is 302 g/mol. The van der Waals surface area contributed by atoms with Crippen molar-refractivity contribution >= 4 is 33.2 Å². The minimum Gasteiger partial charge on any atom is -0.0864 e. The molecule has 0 unspecified atom stereocenters. The molecule has 1 rings (SSSR count). The summed E-state index contributed by atoms with van der Waals surface area (Å²) in [6, 6.07) is 0. The van der Waals surface area contributed by atoms with E-state index in [9.17, 15) is 0 Å². The first kappa shape index (κ1) is 5.59. The maximum absolute atomic E-state index is 1.66. The highest BCUT2D eigenvalue weighted by atomic mass is 128. The fourth-order valence-electron chi connectivity index (χ4n) is 0.391. The first-order valence-corrected chi connectivity index (χ1v) is 11.5. The molecule has 0 spiro atoms. The van der Waals surface area contributed by atoms with E-state index >= 15 is 0 Å². The van der Waals surface area contributed by atoms with Crippen LogP contribution in [0.1, 0.15) is 12.8 Å². The minimum absolute atomic E-state index is 0.825. The van der Waals surface area contributed by atoms with Crippen molar-refractivity contribution in [3.05, 3.63) is 0 Å². The number of alkyl halides is 2. The third kappa shape index (κ3) is 1.95. The average Bonchev–Trinajstić information content (AvgIpc) is 1.72. The van der Waals surface area contributed by atoms with Gasteiger partial charge in [0.15, 0.2) is 0 Å². The van der Waals surface area contributed by atoms with Gasteiger partial charge in [-0.15, -0.1) is 0 Å². The van der Waals surface area contributed by atoms with Crippen LogP contribution in [-0.2, 0) is 0 Å². The van der Waals surface area contributed by atoms with Gasteiger partial charge in [0.05, 0.1) is 0 Å². The first-order chi connectivity index (χ1) is 3.00. The fourth-order valence-corrected chi connectivity index (χ4v) is 10.4. The molecule has 0 saturated heterocycles. The van der Waals surface area contributed by atoms with Crippen molar-refractivity contribution in [2.24, 2.45) is 0 Å². The predicted molar refractivity (Wildman–Crippen MR) is 47.0 cm³/mol. The molecule has 0 atom stereocenters. The maximum Gasteiger partial charge on any atom is -0.000446 e. The van der Waals surface area contributed by atoms with Crippen molar-refractivity contribution in [2.45, 2.75) is 12.8 Å². The van der Waals surface area contributed by atoms with E-state index in [1.54, 1.807) is 21.7 Å². The van der Waals surface area contributed by atoms with E-state index in [0.29, 0.717) is 0 Å². The lowest BCUT2D eigenvalue weighted by atomic mass is 10.4. The maximum atomic E-state index is 1.66. The zero-order chi connectivity index (χ0) is 4.24. The third-order valence-electron chi connectivity index (χ3n) is 0.732. The lowest BCUT2D eigenvalue weighted by Crippen LogP contribution is -1.79. The van der Waals surface area contributed by atoms with Gasteiger partial charge in [0.2, 0.25) is 0 Å². The van der Waals surface area contributed by atoms with Crippen molar-refractivity contribution in [2.75, 3.05) is 8.86 Å². The number of halogens is 2. The Kier molecular flexibility index (Phi) is 3.23. The molecule has 1 heterocycles. The van der Waals surface area contributed by atoms with Gasteiger partial charge in [0, 0.05) is 0 Å². The highest BCUT2D eigenvalue weighted by Crippen LogP contribution is 2.25. The molecule has 0 aliphatic carbocycles. The summed E-state index contributed by atoms with van der Waals surface area (Å²) in [7, 11) is 0. The Morgan fingerprint density at radius 1 is 0.833 bits per heavy atom. The summed E-state index contributed by atoms with van der Waals surface area (Å²) in [6.07, 6.45) is 3.15. The van der Waals surface area contributed by atoms with E-state index in [0.717, 1.165) is 33.2 Å². The smallest absolute Gasteiger partial charge is 0.000446 e. The number of rotatable bonds is 0. The van der Waals surface area contributed by atoms with Crippen LogP contribution in [0.5, 0.6) is 0 Å². The Balaban J connectivity index is 2.26. The second-order valence-electron chi connectivity index (χ2n) is 1.29. The van der Waals surface area contributed by atoms with E-state index in [1.807, 2.05) is 0 Å². The van der Waals surface area contributed by atoms with E-state index in [4.69, 9.17) is 0 Å². The van der Waals surface area contributed by atoms with Crippen LogP contribution in [-0.4, -0.2) is 8.86 Å². The summed E-state index contributed by atoms with van der Waals surface area (Å²) in [5.41, 5.74) is 0. The fraction of sp³-hybridized carbons (Fsp3) is 1.00. The van der Waals surface area contributed by atoms with Gasteiger partial charge < -0.3 is 0 Å². The summed E-state index contributed by atoms with van der Waals surface area (Å²) in [4.78, 5) is 0. The Hall–Kier alpha value is 1.46. The molecule has 0 amide bonds. The second-order valence-corrected chi connectivity index (χ2v) is 12.3. The number of hydrogen-bond donors (Lipinski definition) is 0. The molecule has 0 N–H and O–H groups in total. The van der Waals surface area contributed by atoms with Crippen LogP contribution in [0.4, 0.5) is 0 Å². The van der Waals surface area contributed by atoms with Crippen LogP contribution in [0.15, 0.2) is 0 Å². The van der Waals surface area contributed by atoms with Gasteiger partial charge in [-0.25, -0.2) is 0 Å². The van der Waals surface area contributed by atoms with Crippen molar-refractivity contribution < 1.29 is 0 Å². The highest BCUT2D eigenvalue weighted by Gasteiger charge is 1.88. The molecule has 0 saturated carbocycles. The minimum atomic E-state index is 0.825. The van der Waals surface area contributed by atoms with Gasteiger partial charge in [0.25, 0.3) is 0 Å². The van der Waals surface area contributed by atoms with Crippen molar-refractivity contribution in [3.63, 3.8) is 0 Å². The Labute approximate surface area is 54.4 Å². The lowest BCUT2D eigenvalue weighted by molar-refractivity contribution is 0.930. The van der Waals surface area contributed by atoms with Crippen LogP contribution < -0.4 is 0 Å². The molecule has 1 aliphatic heterocycles. The van der Waals surface area contributed by atoms with Crippen LogP contribution in [0.2, 0.25) is 0 Å². The molecule has 6 heavy (non-hydrogen) atoms. The monoisotopic (exact) mass is 310 g/mol. The van der Waals surface area contributed by atoms with Gasteiger partial charge in [-0.3, -0.25) is 0 Å². The zero-order valence-electron chi connectivity index (χ0n) is 3.58. The molecule has 2 heteroatoms. The summed E-state index contributed by atoms with van der Waals surface area (Å²) in [6.45, 7) is 0. The van der Waals surface area contributed by atoms with Gasteiger partial charge in [-0.2, -0.15) is 0 Å². The van der Waals surface area contributed by atoms with E-state index < -0.39 is 0 Å². The summed E-state index contributed by atoms with van der Waals surface area (Å²) in [5, 5.41) is 0. The molecular formula is C4H8I2. The third-order valence-corrected chi connectivity index (χ3v) is 11.7. The molecule has 0 aromatic rings. The zero-order valence-corrected chi connectivity index (χ0v) is 7.90. The topological polar surface area (TPSA) is 0 Å². The van der Waals surface area contributed by atoms with Crippen LogP contribution >= 0.6 is 33.2 Å². The largest absolute Gasteiger partial charge is 0.0864 e. The van der Waals surface area contributed by atoms with Crippen molar-refractivity contribution in [1.29, 1.82) is 0 Å². The van der Waals surface area contributed by atoms with Gasteiger partial charge in [-0.05, 0) is 21.7 Å². The van der Waals surface area contributed by atoms with Gasteiger partial charge >= 0.3 is 0 Å². The van der Waals surface area contributed by atoms with Crippen molar-refractivity contribution in [3.8, 4) is 0 Å². The molecule has 0 fully saturated rings. The van der Waals surface area contributed by atoms with Gasteiger partial charge in [-0.1, -0.05) is 33.2 Å². The van der Waals surface area contributed by atoms with E-state index in [-0.39, 0.29) is 0 Å². The summed E-state index contributed by atoms with van der Waals surface area (Å²) >= 11 is 1.65. The molecule has 0 aromatic heterocycles. The molecule has 1 aliphatic rings. The summed E-state index contributed by atoms with van der Waals surface area (Å²) in [5.74, 6) is 0. The molecule has 38 valence electrons. The van der Waals surface area contributed by atoms with E-state index in [1.165, 1.54) is 0 Å². The van der Waals surface area contributed by atoms with Gasteiger partial charge in [0.1, 0.15) is 0 Å². The summed E-state index contributed by atoms with van der Waals surface area (Å²) < 4.78 is 3.32. The standard InChI is InChI=1S/C4H8I2/c1-2-4-6-5-3-1/h1-4H2. The molecule has 0 radical (unpaired) electrons. The normalized spacial score (nSPS) is 24.0. The number of hydrogen-bond acceptors (Lipinski definition) is 0. The van der Waals surface area contributed by atoms with Crippen molar-refractivity contribution in [1.82, 2.24) is 0 Å². The molecule has 0 aromatic carbocycles. The van der Waals surface area contributed by atoms with Crippen LogP contribution in [0.25, 0.3) is 0 Å². The van der Waals surface area contributed by atoms with Crippen LogP contribution in [0, 0.1) is 0 Å². The Morgan fingerprint density at radius 3 is 1.50 bits per heavy atom. The Bertz CT molecular complexity index is 50.6. The molecule has 0 bridgehead atoms. The second kappa shape index (κ2) is 3.46.